The van der Waals surface area contributed by atoms with Gasteiger partial charge in [0.15, 0.2) is 5.82 Å². The van der Waals surface area contributed by atoms with Gasteiger partial charge >= 0.3 is 0 Å². The standard InChI is InChI=1S/C18H19N5/c1-3-8-15(9-4-1)10-7-13-19-17-14-20-23-18(22-17)21-16-11-5-2-6-12-16/h1-6,8-9,11-12,14H,7,10,13H2,(H2,19,21,22,23). The number of hydrogen-bond acceptors (Lipinski definition) is 5. The lowest BCUT2D eigenvalue weighted by Crippen LogP contribution is -2.07. The normalized spacial score (nSPS) is 10.3. The van der Waals surface area contributed by atoms with Gasteiger partial charge in [-0.15, -0.1) is 5.10 Å². The summed E-state index contributed by atoms with van der Waals surface area (Å²) < 4.78 is 0. The van der Waals surface area contributed by atoms with Crippen LogP contribution in [-0.4, -0.2) is 21.7 Å². The average molecular weight is 305 g/mol. The highest BCUT2D eigenvalue weighted by Gasteiger charge is 2.01. The lowest BCUT2D eigenvalue weighted by atomic mass is 10.1. The van der Waals surface area contributed by atoms with Crippen molar-refractivity contribution in [1.29, 1.82) is 0 Å². The lowest BCUT2D eigenvalue weighted by Gasteiger charge is -2.07. The minimum atomic E-state index is 0.490. The van der Waals surface area contributed by atoms with Crippen molar-refractivity contribution >= 4 is 17.5 Å². The van der Waals surface area contributed by atoms with Crippen LogP contribution in [0.2, 0.25) is 0 Å². The summed E-state index contributed by atoms with van der Waals surface area (Å²) in [5.41, 5.74) is 2.29. The molecular formula is C18H19N5. The van der Waals surface area contributed by atoms with E-state index in [1.54, 1.807) is 6.20 Å². The van der Waals surface area contributed by atoms with Gasteiger partial charge < -0.3 is 10.6 Å². The highest BCUT2D eigenvalue weighted by molar-refractivity contribution is 5.53. The van der Waals surface area contributed by atoms with Crippen molar-refractivity contribution in [3.05, 3.63) is 72.4 Å². The quantitative estimate of drug-likeness (QED) is 0.652. The largest absolute Gasteiger partial charge is 0.369 e. The van der Waals surface area contributed by atoms with Crippen molar-refractivity contribution in [2.45, 2.75) is 12.8 Å². The predicted molar refractivity (Wildman–Crippen MR) is 92.8 cm³/mol. The van der Waals surface area contributed by atoms with E-state index in [0.717, 1.165) is 30.9 Å². The minimum absolute atomic E-state index is 0.490. The molecule has 0 unspecified atom stereocenters. The van der Waals surface area contributed by atoms with Crippen LogP contribution in [0.25, 0.3) is 0 Å². The van der Waals surface area contributed by atoms with Crippen molar-refractivity contribution in [3.63, 3.8) is 0 Å². The molecule has 116 valence electrons. The van der Waals surface area contributed by atoms with Crippen molar-refractivity contribution in [2.24, 2.45) is 0 Å². The van der Waals surface area contributed by atoms with Crippen molar-refractivity contribution < 1.29 is 0 Å². The number of para-hydroxylation sites is 1. The van der Waals surface area contributed by atoms with Gasteiger partial charge in [0, 0.05) is 12.2 Å². The zero-order valence-electron chi connectivity index (χ0n) is 12.8. The van der Waals surface area contributed by atoms with Crippen molar-refractivity contribution in [3.8, 4) is 0 Å². The third kappa shape index (κ3) is 4.78. The van der Waals surface area contributed by atoms with Gasteiger partial charge in [-0.3, -0.25) is 0 Å². The third-order valence-corrected chi connectivity index (χ3v) is 3.38. The van der Waals surface area contributed by atoms with Crippen molar-refractivity contribution in [1.82, 2.24) is 15.2 Å². The number of aryl methyl sites for hydroxylation is 1. The maximum atomic E-state index is 4.42. The van der Waals surface area contributed by atoms with Crippen LogP contribution in [0.15, 0.2) is 66.9 Å². The first-order valence-electron chi connectivity index (χ1n) is 7.70. The second kappa shape index (κ2) is 7.89. The molecule has 0 atom stereocenters. The summed E-state index contributed by atoms with van der Waals surface area (Å²) in [6.07, 6.45) is 3.72. The summed E-state index contributed by atoms with van der Waals surface area (Å²) in [5.74, 6) is 1.22. The van der Waals surface area contributed by atoms with Gasteiger partial charge in [0.25, 0.3) is 0 Å². The Morgan fingerprint density at radius 2 is 1.61 bits per heavy atom. The van der Waals surface area contributed by atoms with Crippen LogP contribution in [0, 0.1) is 0 Å². The average Bonchev–Trinajstić information content (AvgIpc) is 2.61. The lowest BCUT2D eigenvalue weighted by molar-refractivity contribution is 0.853. The second-order valence-electron chi connectivity index (χ2n) is 5.17. The summed E-state index contributed by atoms with van der Waals surface area (Å²) in [6.45, 7) is 0.846. The molecule has 0 aliphatic heterocycles. The van der Waals surface area contributed by atoms with E-state index in [9.17, 15) is 0 Å². The van der Waals surface area contributed by atoms with E-state index in [1.807, 2.05) is 36.4 Å². The van der Waals surface area contributed by atoms with E-state index in [2.05, 4.69) is 50.1 Å². The van der Waals surface area contributed by atoms with Crippen LogP contribution in [0.1, 0.15) is 12.0 Å². The molecule has 0 bridgehead atoms. The Morgan fingerprint density at radius 3 is 2.39 bits per heavy atom. The summed E-state index contributed by atoms with van der Waals surface area (Å²) in [4.78, 5) is 4.42. The molecule has 2 aromatic carbocycles. The Bertz CT molecular complexity index is 716. The number of hydrogen-bond donors (Lipinski definition) is 2. The smallest absolute Gasteiger partial charge is 0.249 e. The predicted octanol–water partition coefficient (Wildman–Crippen LogP) is 3.66. The topological polar surface area (TPSA) is 62.7 Å². The van der Waals surface area contributed by atoms with Crippen LogP contribution in [-0.2, 0) is 6.42 Å². The van der Waals surface area contributed by atoms with Gasteiger partial charge in [-0.25, -0.2) is 0 Å². The highest BCUT2D eigenvalue weighted by Crippen LogP contribution is 2.12. The molecule has 5 heteroatoms. The van der Waals surface area contributed by atoms with Crippen LogP contribution in [0.5, 0.6) is 0 Å². The number of benzene rings is 2. The molecule has 0 fully saturated rings. The molecular weight excluding hydrogens is 286 g/mol. The molecule has 0 spiro atoms. The van der Waals surface area contributed by atoms with Crippen molar-refractivity contribution in [2.75, 3.05) is 17.2 Å². The SMILES string of the molecule is c1ccc(CCCNc2cnnc(Nc3ccccc3)n2)cc1. The summed E-state index contributed by atoms with van der Waals surface area (Å²) in [5, 5.41) is 14.4. The molecule has 0 radical (unpaired) electrons. The van der Waals surface area contributed by atoms with E-state index in [1.165, 1.54) is 5.56 Å². The molecule has 5 nitrogen and oxygen atoms in total. The Balaban J connectivity index is 1.49. The Kier molecular flexibility index (Phi) is 5.13. The van der Waals surface area contributed by atoms with Gasteiger partial charge in [-0.05, 0) is 30.5 Å². The molecule has 0 aliphatic rings. The van der Waals surface area contributed by atoms with Crippen LogP contribution >= 0.6 is 0 Å². The van der Waals surface area contributed by atoms with Crippen LogP contribution < -0.4 is 10.6 Å². The first kappa shape index (κ1) is 15.0. The summed E-state index contributed by atoms with van der Waals surface area (Å²) in [7, 11) is 0. The van der Waals surface area contributed by atoms with Crippen LogP contribution in [0.4, 0.5) is 17.5 Å². The number of anilines is 3. The molecule has 3 aromatic rings. The number of nitrogens with one attached hydrogen (secondary N) is 2. The monoisotopic (exact) mass is 305 g/mol. The van der Waals surface area contributed by atoms with Gasteiger partial charge in [0.2, 0.25) is 5.95 Å². The Labute approximate surface area is 135 Å². The van der Waals surface area contributed by atoms with E-state index in [0.29, 0.717) is 5.95 Å². The van der Waals surface area contributed by atoms with E-state index in [-0.39, 0.29) is 0 Å². The molecule has 1 heterocycles. The Morgan fingerprint density at radius 1 is 0.870 bits per heavy atom. The van der Waals surface area contributed by atoms with Gasteiger partial charge in [0.05, 0.1) is 6.20 Å². The number of rotatable bonds is 7. The molecule has 2 N–H and O–H groups in total. The molecule has 1 aromatic heterocycles. The highest BCUT2D eigenvalue weighted by atomic mass is 15.3. The van der Waals surface area contributed by atoms with Gasteiger partial charge in [-0.1, -0.05) is 48.5 Å². The summed E-state index contributed by atoms with van der Waals surface area (Å²) >= 11 is 0. The molecule has 23 heavy (non-hydrogen) atoms. The Hall–Kier alpha value is -2.95. The fourth-order valence-electron chi connectivity index (χ4n) is 2.25. The molecule has 0 aliphatic carbocycles. The fraction of sp³-hybridized carbons (Fsp3) is 0.167. The second-order valence-corrected chi connectivity index (χ2v) is 5.17. The minimum Gasteiger partial charge on any atom is -0.369 e. The number of aromatic nitrogens is 3. The molecule has 0 saturated carbocycles. The maximum absolute atomic E-state index is 4.42. The first-order valence-corrected chi connectivity index (χ1v) is 7.70. The molecule has 0 saturated heterocycles. The van der Waals surface area contributed by atoms with E-state index >= 15 is 0 Å². The first-order chi connectivity index (χ1) is 11.4. The third-order valence-electron chi connectivity index (χ3n) is 3.38. The maximum Gasteiger partial charge on any atom is 0.249 e. The van der Waals surface area contributed by atoms with Gasteiger partial charge in [0.1, 0.15) is 0 Å². The van der Waals surface area contributed by atoms with E-state index < -0.39 is 0 Å². The molecule has 3 rings (SSSR count). The zero-order chi connectivity index (χ0) is 15.7. The number of nitrogens with zero attached hydrogens (tertiary/aromatic N) is 3. The van der Waals surface area contributed by atoms with Crippen LogP contribution in [0.3, 0.4) is 0 Å². The summed E-state index contributed by atoms with van der Waals surface area (Å²) in [6, 6.07) is 20.3. The van der Waals surface area contributed by atoms with E-state index in [4.69, 9.17) is 0 Å². The molecule has 0 amide bonds. The fourth-order valence-corrected chi connectivity index (χ4v) is 2.25. The zero-order valence-corrected chi connectivity index (χ0v) is 12.8. The van der Waals surface area contributed by atoms with Gasteiger partial charge in [-0.2, -0.15) is 10.1 Å².